The fourth-order valence-corrected chi connectivity index (χ4v) is 3.98. The number of amides is 1. The monoisotopic (exact) mass is 223 g/mol. The van der Waals surface area contributed by atoms with Crippen LogP contribution in [-0.2, 0) is 9.53 Å². The summed E-state index contributed by atoms with van der Waals surface area (Å²) in [5.74, 6) is 1.44. The molecule has 3 nitrogen and oxygen atoms in total. The first-order valence-corrected chi connectivity index (χ1v) is 6.69. The van der Waals surface area contributed by atoms with Gasteiger partial charge in [0.1, 0.15) is 0 Å². The molecule has 2 heterocycles. The molecule has 2 unspecified atom stereocenters. The molecule has 1 aliphatic carbocycles. The Bertz CT molecular complexity index is 278. The van der Waals surface area contributed by atoms with Crippen molar-refractivity contribution in [3.05, 3.63) is 0 Å². The molecular weight excluding hydrogens is 202 g/mol. The molecule has 1 amide bonds. The number of hydrogen-bond donors (Lipinski definition) is 1. The van der Waals surface area contributed by atoms with Gasteiger partial charge in [-0.2, -0.15) is 0 Å². The van der Waals surface area contributed by atoms with Crippen LogP contribution in [0.5, 0.6) is 0 Å². The lowest BCUT2D eigenvalue weighted by Crippen LogP contribution is -2.49. The number of rotatable bonds is 1. The molecule has 1 saturated carbocycles. The Hall–Kier alpha value is -0.570. The zero-order valence-corrected chi connectivity index (χ0v) is 9.84. The third-order valence-electron chi connectivity index (χ3n) is 4.78. The van der Waals surface area contributed by atoms with Gasteiger partial charge in [0, 0.05) is 25.2 Å². The standard InChI is InChI=1S/C13H21NO2/c15-12-8-11(10-4-7-16-9-10)13(14-12)5-2-1-3-6-13/h10-11H,1-9H2,(H,14,15). The van der Waals surface area contributed by atoms with Crippen molar-refractivity contribution in [2.24, 2.45) is 11.8 Å². The van der Waals surface area contributed by atoms with Crippen LogP contribution in [0.4, 0.5) is 0 Å². The summed E-state index contributed by atoms with van der Waals surface area (Å²) in [6, 6.07) is 0. The fraction of sp³-hybridized carbons (Fsp3) is 0.923. The van der Waals surface area contributed by atoms with Crippen LogP contribution in [0.3, 0.4) is 0 Å². The molecule has 2 atom stereocenters. The van der Waals surface area contributed by atoms with E-state index in [4.69, 9.17) is 4.74 Å². The van der Waals surface area contributed by atoms with Gasteiger partial charge in [-0.05, 0) is 31.1 Å². The van der Waals surface area contributed by atoms with Crippen molar-refractivity contribution in [2.75, 3.05) is 13.2 Å². The Morgan fingerprint density at radius 3 is 2.75 bits per heavy atom. The van der Waals surface area contributed by atoms with Crippen molar-refractivity contribution in [1.29, 1.82) is 0 Å². The molecule has 0 aromatic heterocycles. The van der Waals surface area contributed by atoms with E-state index in [0.717, 1.165) is 26.1 Å². The van der Waals surface area contributed by atoms with Crippen LogP contribution in [0.1, 0.15) is 44.9 Å². The highest BCUT2D eigenvalue weighted by atomic mass is 16.5. The van der Waals surface area contributed by atoms with E-state index in [2.05, 4.69) is 5.32 Å². The van der Waals surface area contributed by atoms with Crippen LogP contribution in [0, 0.1) is 11.8 Å². The molecule has 0 aromatic carbocycles. The van der Waals surface area contributed by atoms with E-state index in [1.165, 1.54) is 32.1 Å². The quantitative estimate of drug-likeness (QED) is 0.737. The third-order valence-corrected chi connectivity index (χ3v) is 4.78. The van der Waals surface area contributed by atoms with Gasteiger partial charge in [-0.15, -0.1) is 0 Å². The molecule has 0 radical (unpaired) electrons. The fourth-order valence-electron chi connectivity index (χ4n) is 3.98. The summed E-state index contributed by atoms with van der Waals surface area (Å²) in [5, 5.41) is 3.30. The zero-order valence-electron chi connectivity index (χ0n) is 9.84. The lowest BCUT2D eigenvalue weighted by atomic mass is 9.69. The van der Waals surface area contributed by atoms with Gasteiger partial charge in [-0.3, -0.25) is 4.79 Å². The summed E-state index contributed by atoms with van der Waals surface area (Å²) in [6.45, 7) is 1.77. The minimum absolute atomic E-state index is 0.147. The van der Waals surface area contributed by atoms with Crippen molar-refractivity contribution < 1.29 is 9.53 Å². The lowest BCUT2D eigenvalue weighted by molar-refractivity contribution is -0.120. The maximum Gasteiger partial charge on any atom is 0.220 e. The molecule has 2 saturated heterocycles. The maximum atomic E-state index is 11.7. The van der Waals surface area contributed by atoms with E-state index in [-0.39, 0.29) is 11.4 Å². The summed E-state index contributed by atoms with van der Waals surface area (Å²) < 4.78 is 5.50. The highest BCUT2D eigenvalue weighted by molar-refractivity contribution is 5.80. The smallest absolute Gasteiger partial charge is 0.220 e. The average Bonchev–Trinajstić information content (AvgIpc) is 2.88. The molecule has 3 aliphatic rings. The minimum atomic E-state index is 0.147. The van der Waals surface area contributed by atoms with Gasteiger partial charge in [0.15, 0.2) is 0 Å². The Balaban J connectivity index is 1.80. The van der Waals surface area contributed by atoms with Crippen LogP contribution in [-0.4, -0.2) is 24.7 Å². The number of carbonyl (C=O) groups excluding carboxylic acids is 1. The first-order chi connectivity index (χ1) is 7.80. The van der Waals surface area contributed by atoms with Crippen molar-refractivity contribution in [2.45, 2.75) is 50.5 Å². The SMILES string of the molecule is O=C1CC(C2CCOC2)C2(CCCCC2)N1. The van der Waals surface area contributed by atoms with Gasteiger partial charge in [0.05, 0.1) is 0 Å². The first kappa shape index (κ1) is 10.6. The molecule has 3 rings (SSSR count). The number of ether oxygens (including phenoxy) is 1. The highest BCUT2D eigenvalue weighted by Gasteiger charge is 2.50. The van der Waals surface area contributed by atoms with Crippen molar-refractivity contribution in [3.63, 3.8) is 0 Å². The first-order valence-electron chi connectivity index (χ1n) is 6.69. The summed E-state index contributed by atoms with van der Waals surface area (Å²) >= 11 is 0. The zero-order chi connectivity index (χ0) is 11.0. The minimum Gasteiger partial charge on any atom is -0.381 e. The van der Waals surface area contributed by atoms with E-state index >= 15 is 0 Å². The Labute approximate surface area is 96.9 Å². The second kappa shape index (κ2) is 4.02. The van der Waals surface area contributed by atoms with Crippen LogP contribution in [0.15, 0.2) is 0 Å². The van der Waals surface area contributed by atoms with Crippen molar-refractivity contribution in [1.82, 2.24) is 5.32 Å². The summed E-state index contributed by atoms with van der Waals surface area (Å²) in [6.07, 6.45) is 8.19. The van der Waals surface area contributed by atoms with Gasteiger partial charge in [-0.1, -0.05) is 19.3 Å². The van der Waals surface area contributed by atoms with E-state index in [0.29, 0.717) is 11.8 Å². The van der Waals surface area contributed by atoms with Gasteiger partial charge in [0.25, 0.3) is 0 Å². The van der Waals surface area contributed by atoms with E-state index < -0.39 is 0 Å². The molecule has 3 heteroatoms. The number of hydrogen-bond acceptors (Lipinski definition) is 2. The summed E-state index contributed by atoms with van der Waals surface area (Å²) in [5.41, 5.74) is 0.147. The molecule has 3 fully saturated rings. The average molecular weight is 223 g/mol. The van der Waals surface area contributed by atoms with Crippen molar-refractivity contribution >= 4 is 5.91 Å². The molecule has 16 heavy (non-hydrogen) atoms. The number of carbonyl (C=O) groups is 1. The van der Waals surface area contributed by atoms with Crippen LogP contribution < -0.4 is 5.32 Å². The van der Waals surface area contributed by atoms with Gasteiger partial charge >= 0.3 is 0 Å². The van der Waals surface area contributed by atoms with Crippen LogP contribution >= 0.6 is 0 Å². The van der Waals surface area contributed by atoms with E-state index in [1.807, 2.05) is 0 Å². The number of nitrogens with one attached hydrogen (secondary N) is 1. The molecule has 0 bridgehead atoms. The molecule has 2 aliphatic heterocycles. The second-order valence-corrected chi connectivity index (χ2v) is 5.70. The van der Waals surface area contributed by atoms with E-state index in [9.17, 15) is 4.79 Å². The van der Waals surface area contributed by atoms with Gasteiger partial charge in [0.2, 0.25) is 5.91 Å². The molecular formula is C13H21NO2. The highest BCUT2D eigenvalue weighted by Crippen LogP contribution is 2.45. The predicted molar refractivity (Wildman–Crippen MR) is 61.0 cm³/mol. The summed E-state index contributed by atoms with van der Waals surface area (Å²) in [4.78, 5) is 11.7. The lowest BCUT2D eigenvalue weighted by Gasteiger charge is -2.40. The van der Waals surface area contributed by atoms with Gasteiger partial charge in [-0.25, -0.2) is 0 Å². The summed E-state index contributed by atoms with van der Waals surface area (Å²) in [7, 11) is 0. The topological polar surface area (TPSA) is 38.3 Å². The largest absolute Gasteiger partial charge is 0.381 e. The third kappa shape index (κ3) is 1.65. The molecule has 0 aromatic rings. The predicted octanol–water partition coefficient (Wildman–Crippen LogP) is 1.86. The van der Waals surface area contributed by atoms with Crippen molar-refractivity contribution in [3.8, 4) is 0 Å². The Morgan fingerprint density at radius 1 is 1.25 bits per heavy atom. The second-order valence-electron chi connectivity index (χ2n) is 5.70. The van der Waals surface area contributed by atoms with Crippen LogP contribution in [0.25, 0.3) is 0 Å². The van der Waals surface area contributed by atoms with Crippen LogP contribution in [0.2, 0.25) is 0 Å². The molecule has 1 N–H and O–H groups in total. The van der Waals surface area contributed by atoms with Gasteiger partial charge < -0.3 is 10.1 Å². The maximum absolute atomic E-state index is 11.7. The molecule has 90 valence electrons. The Morgan fingerprint density at radius 2 is 2.06 bits per heavy atom. The van der Waals surface area contributed by atoms with E-state index in [1.54, 1.807) is 0 Å². The molecule has 1 spiro atoms. The Kier molecular flexibility index (Phi) is 2.66. The normalized spacial score (nSPS) is 37.9.